The average molecular weight is 228 g/mol. The van der Waals surface area contributed by atoms with Crippen LogP contribution >= 0.6 is 0 Å². The van der Waals surface area contributed by atoms with E-state index < -0.39 is 0 Å². The van der Waals surface area contributed by atoms with E-state index in [0.29, 0.717) is 5.56 Å². The van der Waals surface area contributed by atoms with Crippen LogP contribution in [-0.4, -0.2) is 16.0 Å². The minimum absolute atomic E-state index is 0.00958. The molecule has 0 saturated heterocycles. The Morgan fingerprint density at radius 1 is 1.00 bits per heavy atom. The number of ketones is 1. The Kier molecular flexibility index (Phi) is 3.10. The highest BCUT2D eigenvalue weighted by Gasteiger charge is 2.02. The van der Waals surface area contributed by atoms with E-state index in [4.69, 9.17) is 0 Å². The van der Waals surface area contributed by atoms with Crippen molar-refractivity contribution in [2.75, 3.05) is 0 Å². The zero-order valence-electron chi connectivity index (χ0n) is 9.08. The fourth-order valence-corrected chi connectivity index (χ4v) is 1.60. The van der Waals surface area contributed by atoms with E-state index in [1.54, 1.807) is 30.4 Å². The molecule has 0 bridgehead atoms. The summed E-state index contributed by atoms with van der Waals surface area (Å²) < 4.78 is 0. The van der Waals surface area contributed by atoms with Crippen molar-refractivity contribution in [3.63, 3.8) is 0 Å². The fourth-order valence-electron chi connectivity index (χ4n) is 1.60. The number of allylic oxidation sites excluding steroid dienone is 5. The molecule has 2 rings (SSSR count). The average Bonchev–Trinajstić information content (AvgIpc) is 2.27. The quantitative estimate of drug-likeness (QED) is 0.817. The molecule has 1 aromatic carbocycles. The van der Waals surface area contributed by atoms with Gasteiger partial charge in [-0.2, -0.15) is 0 Å². The van der Waals surface area contributed by atoms with Crippen LogP contribution in [0.5, 0.6) is 11.5 Å². The first-order valence-corrected chi connectivity index (χ1v) is 5.25. The van der Waals surface area contributed by atoms with Crippen LogP contribution in [0.2, 0.25) is 0 Å². The van der Waals surface area contributed by atoms with Crippen molar-refractivity contribution in [2.45, 2.75) is 0 Å². The zero-order chi connectivity index (χ0) is 12.3. The number of carbonyl (C=O) groups is 1. The van der Waals surface area contributed by atoms with Gasteiger partial charge < -0.3 is 10.2 Å². The molecule has 3 nitrogen and oxygen atoms in total. The van der Waals surface area contributed by atoms with Gasteiger partial charge in [0.25, 0.3) is 0 Å². The van der Waals surface area contributed by atoms with Gasteiger partial charge in [0.1, 0.15) is 11.5 Å². The molecule has 86 valence electrons. The first-order valence-electron chi connectivity index (χ1n) is 5.25. The third kappa shape index (κ3) is 3.08. The molecule has 1 aliphatic rings. The molecule has 0 saturated carbocycles. The van der Waals surface area contributed by atoms with Crippen LogP contribution in [0.1, 0.15) is 5.56 Å². The molecular weight excluding hydrogens is 216 g/mol. The molecule has 3 heteroatoms. The lowest BCUT2D eigenvalue weighted by molar-refractivity contribution is -0.110. The molecule has 0 spiro atoms. The Morgan fingerprint density at radius 3 is 2.18 bits per heavy atom. The first-order chi connectivity index (χ1) is 8.13. The van der Waals surface area contributed by atoms with Crippen LogP contribution in [0, 0.1) is 5.92 Å². The largest absolute Gasteiger partial charge is 0.508 e. The van der Waals surface area contributed by atoms with E-state index in [2.05, 4.69) is 0 Å². The Morgan fingerprint density at radius 2 is 1.59 bits per heavy atom. The van der Waals surface area contributed by atoms with Crippen LogP contribution in [0.25, 0.3) is 6.08 Å². The molecule has 1 aromatic rings. The van der Waals surface area contributed by atoms with E-state index in [1.165, 1.54) is 18.2 Å². The van der Waals surface area contributed by atoms with E-state index in [0.717, 1.165) is 0 Å². The molecule has 0 aliphatic heterocycles. The van der Waals surface area contributed by atoms with Crippen LogP contribution in [0.4, 0.5) is 0 Å². The van der Waals surface area contributed by atoms with Crippen LogP contribution in [0.3, 0.4) is 0 Å². The molecular formula is C14H12O3. The Bertz CT molecular complexity index is 488. The van der Waals surface area contributed by atoms with Crippen molar-refractivity contribution in [3.8, 4) is 11.5 Å². The van der Waals surface area contributed by atoms with E-state index in [-0.39, 0.29) is 23.2 Å². The van der Waals surface area contributed by atoms with Crippen molar-refractivity contribution >= 4 is 11.9 Å². The van der Waals surface area contributed by atoms with E-state index in [9.17, 15) is 15.0 Å². The molecule has 1 aliphatic carbocycles. The van der Waals surface area contributed by atoms with Gasteiger partial charge in [-0.3, -0.25) is 4.79 Å². The fraction of sp³-hybridized carbons (Fsp3) is 0.0714. The van der Waals surface area contributed by atoms with Gasteiger partial charge in [0.05, 0.1) is 0 Å². The van der Waals surface area contributed by atoms with Crippen molar-refractivity contribution in [1.82, 2.24) is 0 Å². The lowest BCUT2D eigenvalue weighted by Gasteiger charge is -2.04. The highest BCUT2D eigenvalue weighted by Crippen LogP contribution is 2.22. The van der Waals surface area contributed by atoms with Gasteiger partial charge in [-0.25, -0.2) is 0 Å². The maximum absolute atomic E-state index is 10.9. The first kappa shape index (κ1) is 11.2. The summed E-state index contributed by atoms with van der Waals surface area (Å²) in [5, 5.41) is 18.6. The van der Waals surface area contributed by atoms with Gasteiger partial charge in [0.2, 0.25) is 0 Å². The van der Waals surface area contributed by atoms with Crippen LogP contribution in [-0.2, 0) is 4.79 Å². The van der Waals surface area contributed by atoms with Gasteiger partial charge in [-0.05, 0) is 29.8 Å². The Hall–Kier alpha value is -2.29. The molecule has 0 aromatic heterocycles. The predicted molar refractivity (Wildman–Crippen MR) is 65.6 cm³/mol. The number of hydrogen-bond acceptors (Lipinski definition) is 3. The summed E-state index contributed by atoms with van der Waals surface area (Å²) in [6, 6.07) is 4.38. The maximum atomic E-state index is 10.9. The molecule has 2 N–H and O–H groups in total. The summed E-state index contributed by atoms with van der Waals surface area (Å²) in [6.07, 6.45) is 10.3. The van der Waals surface area contributed by atoms with Crippen molar-refractivity contribution in [2.24, 2.45) is 5.92 Å². The molecule has 0 amide bonds. The molecule has 0 heterocycles. The number of aromatic hydroxyl groups is 2. The van der Waals surface area contributed by atoms with E-state index in [1.807, 2.05) is 6.08 Å². The Labute approximate surface area is 99.0 Å². The predicted octanol–water partition coefficient (Wildman–Crippen LogP) is 2.42. The molecule has 17 heavy (non-hydrogen) atoms. The number of phenolic OH excluding ortho intramolecular Hbond substituents is 2. The third-order valence-electron chi connectivity index (χ3n) is 2.40. The summed E-state index contributed by atoms with van der Waals surface area (Å²) in [5.41, 5.74) is 0.709. The summed E-state index contributed by atoms with van der Waals surface area (Å²) in [7, 11) is 0. The highest BCUT2D eigenvalue weighted by atomic mass is 16.3. The lowest BCUT2D eigenvalue weighted by Crippen LogP contribution is -1.97. The second-order valence-corrected chi connectivity index (χ2v) is 3.84. The molecule has 0 unspecified atom stereocenters. The minimum atomic E-state index is -0.00958. The number of carbonyl (C=O) groups excluding carboxylic acids is 1. The monoisotopic (exact) mass is 228 g/mol. The summed E-state index contributed by atoms with van der Waals surface area (Å²) in [5.74, 6) is 0.103. The summed E-state index contributed by atoms with van der Waals surface area (Å²) in [6.45, 7) is 0. The normalized spacial score (nSPS) is 15.9. The number of phenols is 2. The smallest absolute Gasteiger partial charge is 0.178 e. The minimum Gasteiger partial charge on any atom is -0.508 e. The van der Waals surface area contributed by atoms with Crippen molar-refractivity contribution < 1.29 is 15.0 Å². The summed E-state index contributed by atoms with van der Waals surface area (Å²) in [4.78, 5) is 10.9. The number of rotatable bonds is 2. The van der Waals surface area contributed by atoms with E-state index >= 15 is 0 Å². The second-order valence-electron chi connectivity index (χ2n) is 3.84. The third-order valence-corrected chi connectivity index (χ3v) is 2.40. The lowest BCUT2D eigenvalue weighted by atomic mass is 10.0. The van der Waals surface area contributed by atoms with Crippen LogP contribution < -0.4 is 0 Å². The van der Waals surface area contributed by atoms with Gasteiger partial charge in [-0.1, -0.05) is 24.3 Å². The Balaban J connectivity index is 2.13. The molecule has 0 radical (unpaired) electrons. The zero-order valence-corrected chi connectivity index (χ0v) is 9.08. The summed E-state index contributed by atoms with van der Waals surface area (Å²) >= 11 is 0. The SMILES string of the molecule is O=C1C=CC(/C=C/c2cc(O)cc(O)c2)C=C1. The van der Waals surface area contributed by atoms with Crippen molar-refractivity contribution in [1.29, 1.82) is 0 Å². The van der Waals surface area contributed by atoms with Gasteiger partial charge in [-0.15, -0.1) is 0 Å². The highest BCUT2D eigenvalue weighted by molar-refractivity contribution is 6.00. The molecule has 0 atom stereocenters. The number of benzene rings is 1. The molecule has 0 fully saturated rings. The maximum Gasteiger partial charge on any atom is 0.178 e. The number of hydrogen-bond donors (Lipinski definition) is 2. The van der Waals surface area contributed by atoms with Gasteiger partial charge in [0.15, 0.2) is 5.78 Å². The second kappa shape index (κ2) is 4.70. The van der Waals surface area contributed by atoms with Gasteiger partial charge >= 0.3 is 0 Å². The topological polar surface area (TPSA) is 57.5 Å². The van der Waals surface area contributed by atoms with Gasteiger partial charge in [0, 0.05) is 12.0 Å². The standard InChI is InChI=1S/C14H12O3/c15-12-5-3-10(4-6-12)1-2-11-7-13(16)9-14(17)8-11/h1-10,16-17H/b2-1+. The van der Waals surface area contributed by atoms with Crippen LogP contribution in [0.15, 0.2) is 48.6 Å². The van der Waals surface area contributed by atoms with Crippen molar-refractivity contribution in [3.05, 3.63) is 54.1 Å².